The number of likely N-dealkylation sites (tertiary alicyclic amines) is 2. The molecule has 4 saturated heterocycles. The number of hydrogen-bond donors (Lipinski definition) is 3. The van der Waals surface area contributed by atoms with Gasteiger partial charge < -0.3 is 30.1 Å². The minimum atomic E-state index is -1.35. The number of aromatic hydroxyl groups is 1. The third-order valence-electron chi connectivity index (χ3n) is 13.8. The lowest BCUT2D eigenvalue weighted by Crippen LogP contribution is -2.51. The van der Waals surface area contributed by atoms with Crippen molar-refractivity contribution in [2.45, 2.75) is 81.3 Å². The Labute approximate surface area is 359 Å². The summed E-state index contributed by atoms with van der Waals surface area (Å²) < 4.78 is 18.8. The van der Waals surface area contributed by atoms with Crippen molar-refractivity contribution in [2.24, 2.45) is 0 Å². The fourth-order valence-corrected chi connectivity index (χ4v) is 10.1. The molecule has 4 N–H and O–H groups in total. The van der Waals surface area contributed by atoms with E-state index in [1.807, 2.05) is 42.5 Å². The highest BCUT2D eigenvalue weighted by Crippen LogP contribution is 2.46. The van der Waals surface area contributed by atoms with Crippen molar-refractivity contribution < 1.29 is 23.9 Å². The van der Waals surface area contributed by atoms with E-state index in [4.69, 9.17) is 10.7 Å². The maximum absolute atomic E-state index is 16.5. The summed E-state index contributed by atoms with van der Waals surface area (Å²) in [7, 11) is 0. The largest absolute Gasteiger partial charge is 0.507 e. The molecule has 62 heavy (non-hydrogen) atoms. The van der Waals surface area contributed by atoms with Crippen molar-refractivity contribution in [2.75, 3.05) is 67.9 Å². The number of aromatic nitrogens is 4. The molecule has 0 bridgehead atoms. The zero-order chi connectivity index (χ0) is 42.5. The number of anilines is 3. The van der Waals surface area contributed by atoms with Gasteiger partial charge in [-0.15, -0.1) is 10.2 Å². The van der Waals surface area contributed by atoms with Crippen LogP contribution < -0.4 is 20.9 Å². The number of carbonyl (C=O) groups excluding carboxylic acids is 3. The zero-order valence-corrected chi connectivity index (χ0v) is 34.9. The standard InChI is InChI=1S/C47H53FN10O4/c48-47(29-54-19-13-34(14-20-54)58-28-38(31-9-10-31)37-24-35(26-50-44(37)58)57-21-15-42(60)51-46(57)62)16-22-55(23-17-47)45(61)32-11-7-30(8-12-32)33-4-3-18-56(27-33)40-25-39(52-53-43(40)49)36-5-1-2-6-41(36)59/h1-2,5-8,11-12,24-26,28,31,33-34,59H,3-4,9-10,13-23,27,29H2,(H2,49,53)(H,51,60,62). The second-order valence-electron chi connectivity index (χ2n) is 18.0. The van der Waals surface area contributed by atoms with Crippen LogP contribution >= 0.6 is 0 Å². The van der Waals surface area contributed by atoms with Gasteiger partial charge in [-0.2, -0.15) is 0 Å². The van der Waals surface area contributed by atoms with Gasteiger partial charge in [-0.25, -0.2) is 14.2 Å². The maximum Gasteiger partial charge on any atom is 0.328 e. The first-order valence-corrected chi connectivity index (χ1v) is 22.2. The summed E-state index contributed by atoms with van der Waals surface area (Å²) in [5.41, 5.74) is 11.6. The molecule has 4 amide bonds. The van der Waals surface area contributed by atoms with Crippen molar-refractivity contribution in [1.29, 1.82) is 0 Å². The first-order valence-electron chi connectivity index (χ1n) is 22.2. The van der Waals surface area contributed by atoms with Crippen LogP contribution in [0.25, 0.3) is 22.3 Å². The second kappa shape index (κ2) is 16.3. The summed E-state index contributed by atoms with van der Waals surface area (Å²) in [4.78, 5) is 50.7. The third kappa shape index (κ3) is 7.94. The number of alkyl halides is 1. The molecule has 2 aromatic carbocycles. The first kappa shape index (κ1) is 40.0. The molecule has 0 radical (unpaired) electrons. The molecule has 1 atom stereocenters. The van der Waals surface area contributed by atoms with Crippen LogP contribution in [0.2, 0.25) is 0 Å². The van der Waals surface area contributed by atoms with Gasteiger partial charge in [0.15, 0.2) is 5.82 Å². The number of fused-ring (bicyclic) bond motifs is 1. The van der Waals surface area contributed by atoms with E-state index in [0.29, 0.717) is 73.3 Å². The maximum atomic E-state index is 16.5. The molecular formula is C47H53FN10O4. The monoisotopic (exact) mass is 840 g/mol. The Morgan fingerprint density at radius 1 is 0.903 bits per heavy atom. The Hall–Kier alpha value is -6.09. The number of piperidine rings is 3. The zero-order valence-electron chi connectivity index (χ0n) is 34.9. The average Bonchev–Trinajstić information content (AvgIpc) is 4.07. The molecule has 4 aliphatic heterocycles. The quantitative estimate of drug-likeness (QED) is 0.144. The number of benzene rings is 2. The number of halogens is 1. The highest BCUT2D eigenvalue weighted by atomic mass is 19.1. The molecule has 0 spiro atoms. The van der Waals surface area contributed by atoms with Gasteiger partial charge in [-0.3, -0.25) is 19.8 Å². The van der Waals surface area contributed by atoms with Crippen LogP contribution in [-0.4, -0.2) is 111 Å². The number of hydrogen-bond acceptors (Lipinski definition) is 10. The normalized spacial score (nSPS) is 21.4. The van der Waals surface area contributed by atoms with Crippen LogP contribution in [0.15, 0.2) is 73.1 Å². The van der Waals surface area contributed by atoms with Crippen LogP contribution in [0.1, 0.15) is 97.1 Å². The van der Waals surface area contributed by atoms with Crippen LogP contribution in [0.5, 0.6) is 5.75 Å². The average molecular weight is 841 g/mol. The van der Waals surface area contributed by atoms with Crippen molar-refractivity contribution >= 4 is 46.1 Å². The van der Waals surface area contributed by atoms with E-state index >= 15 is 4.39 Å². The molecule has 3 aromatic heterocycles. The number of rotatable bonds is 9. The summed E-state index contributed by atoms with van der Waals surface area (Å²) in [6.07, 6.45) is 10.9. The van der Waals surface area contributed by atoms with Gasteiger partial charge in [0.1, 0.15) is 17.1 Å². The fraction of sp³-hybridized carbons (Fsp3) is 0.447. The Morgan fingerprint density at radius 3 is 2.42 bits per heavy atom. The molecule has 1 unspecified atom stereocenters. The van der Waals surface area contributed by atoms with E-state index < -0.39 is 11.7 Å². The SMILES string of the molecule is Nc1nnc(-c2ccccc2O)cc1N1CCCC(c2ccc(C(=O)N3CCC(F)(CN4CCC(n5cc(C6CC6)c6cc(N7CCC(=O)NC7=O)cnc65)CC4)CC3)cc2)C1. The molecular weight excluding hydrogens is 788 g/mol. The summed E-state index contributed by atoms with van der Waals surface area (Å²) in [5.74, 6) is 0.900. The first-order chi connectivity index (χ1) is 30.1. The number of phenols is 1. The van der Waals surface area contributed by atoms with E-state index in [9.17, 15) is 19.5 Å². The summed E-state index contributed by atoms with van der Waals surface area (Å²) in [6, 6.07) is 18.7. The minimum absolute atomic E-state index is 0.0587. The number of nitrogens with two attached hydrogens (primary N) is 1. The molecule has 1 aliphatic carbocycles. The number of pyridine rings is 1. The Balaban J connectivity index is 0.727. The predicted octanol–water partition coefficient (Wildman–Crippen LogP) is 6.77. The van der Waals surface area contributed by atoms with Crippen molar-refractivity contribution in [3.05, 3.63) is 89.7 Å². The molecule has 1 saturated carbocycles. The number of carbonyl (C=O) groups is 3. The molecule has 10 rings (SSSR count). The third-order valence-corrected chi connectivity index (χ3v) is 13.8. The van der Waals surface area contributed by atoms with Gasteiger partial charge in [0, 0.05) is 106 Å². The van der Waals surface area contributed by atoms with Gasteiger partial charge in [0.2, 0.25) is 5.91 Å². The van der Waals surface area contributed by atoms with Crippen LogP contribution in [0.4, 0.5) is 26.4 Å². The minimum Gasteiger partial charge on any atom is -0.507 e. The topological polar surface area (TPSA) is 166 Å². The van der Waals surface area contributed by atoms with Crippen LogP contribution in [0, 0.1) is 0 Å². The Kier molecular flexibility index (Phi) is 10.5. The Bertz CT molecular complexity index is 2510. The molecule has 5 fully saturated rings. The molecule has 322 valence electrons. The van der Waals surface area contributed by atoms with E-state index in [0.717, 1.165) is 87.0 Å². The molecule has 7 heterocycles. The Morgan fingerprint density at radius 2 is 1.68 bits per heavy atom. The molecule has 5 aliphatic rings. The van der Waals surface area contributed by atoms with E-state index in [1.54, 1.807) is 28.1 Å². The number of nitrogens with zero attached hydrogens (tertiary/aromatic N) is 8. The number of nitrogens with one attached hydrogen (secondary N) is 1. The number of nitrogen functional groups attached to an aromatic ring is 1. The number of phenolic OH excluding ortho intramolecular Hbond substituents is 1. The lowest BCUT2D eigenvalue weighted by atomic mass is 9.89. The summed E-state index contributed by atoms with van der Waals surface area (Å²) in [6.45, 7) is 4.62. The smallest absolute Gasteiger partial charge is 0.328 e. The van der Waals surface area contributed by atoms with E-state index in [2.05, 4.69) is 42.1 Å². The lowest BCUT2D eigenvalue weighted by molar-refractivity contribution is -0.120. The van der Waals surface area contributed by atoms with Crippen molar-refractivity contribution in [3.63, 3.8) is 0 Å². The van der Waals surface area contributed by atoms with Crippen molar-refractivity contribution in [3.8, 4) is 17.0 Å². The fourth-order valence-electron chi connectivity index (χ4n) is 10.1. The predicted molar refractivity (Wildman–Crippen MR) is 235 cm³/mol. The van der Waals surface area contributed by atoms with Crippen LogP contribution in [0.3, 0.4) is 0 Å². The molecule has 14 nitrogen and oxygen atoms in total. The summed E-state index contributed by atoms with van der Waals surface area (Å²) >= 11 is 0. The van der Waals surface area contributed by atoms with Gasteiger partial charge in [-0.1, -0.05) is 24.3 Å². The van der Waals surface area contributed by atoms with E-state index in [-0.39, 0.29) is 35.9 Å². The second-order valence-corrected chi connectivity index (χ2v) is 18.0. The number of urea groups is 1. The van der Waals surface area contributed by atoms with Crippen LogP contribution in [-0.2, 0) is 4.79 Å². The molecule has 15 heteroatoms. The highest BCUT2D eigenvalue weighted by Gasteiger charge is 2.39. The number of para-hydroxylation sites is 1. The van der Waals surface area contributed by atoms with Crippen molar-refractivity contribution in [1.82, 2.24) is 34.9 Å². The van der Waals surface area contributed by atoms with Gasteiger partial charge in [0.25, 0.3) is 5.91 Å². The number of imide groups is 1. The molecule has 5 aromatic rings. The lowest BCUT2D eigenvalue weighted by Gasteiger charge is -2.41. The van der Waals surface area contributed by atoms with E-state index in [1.165, 1.54) is 5.56 Å². The van der Waals surface area contributed by atoms with Gasteiger partial charge in [-0.05, 0) is 92.0 Å². The highest BCUT2D eigenvalue weighted by molar-refractivity contribution is 6.06. The van der Waals surface area contributed by atoms with Gasteiger partial charge in [0.05, 0.1) is 23.3 Å². The summed E-state index contributed by atoms with van der Waals surface area (Å²) in [5, 5.41) is 22.3. The number of amides is 4. The van der Waals surface area contributed by atoms with Gasteiger partial charge >= 0.3 is 6.03 Å².